The topological polar surface area (TPSA) is 128 Å². The van der Waals surface area contributed by atoms with Crippen LogP contribution in [-0.2, 0) is 25.0 Å². The van der Waals surface area contributed by atoms with Crippen molar-refractivity contribution >= 4 is 13.4 Å². The highest BCUT2D eigenvalue weighted by atomic mass is 31.2. The first-order valence-electron chi connectivity index (χ1n) is 7.59. The molecule has 0 spiro atoms. The number of hydrogen-bond donors (Lipinski definition) is 2. The highest BCUT2D eigenvalue weighted by Crippen LogP contribution is 2.48. The molecule has 0 saturated heterocycles. The summed E-state index contributed by atoms with van der Waals surface area (Å²) in [5, 5.41) is 9.97. The fraction of sp³-hybridized carbons (Fsp3) is 0.643. The quantitative estimate of drug-likeness (QED) is 0.578. The normalized spacial score (nSPS) is 13.0. The summed E-state index contributed by atoms with van der Waals surface area (Å²) in [5.74, 6) is -0.498. The van der Waals surface area contributed by atoms with Gasteiger partial charge < -0.3 is 14.2 Å². The molecule has 1 aromatic rings. The number of aryl methyl sites for hydroxylation is 1. The number of Topliss-reactive ketones (excluding diaryl/α,β-unsaturated/α-hetero) is 1. The average Bonchev–Trinajstić information content (AvgIpc) is 2.44. The van der Waals surface area contributed by atoms with E-state index < -0.39 is 36.9 Å². The zero-order valence-corrected chi connectivity index (χ0v) is 14.9. The Morgan fingerprint density at radius 1 is 1.33 bits per heavy atom. The van der Waals surface area contributed by atoms with Gasteiger partial charge in [-0.1, -0.05) is 0 Å². The van der Waals surface area contributed by atoms with E-state index in [9.17, 15) is 24.1 Å². The lowest BCUT2D eigenvalue weighted by atomic mass is 10.2. The number of carbonyl (C=O) groups is 1. The molecule has 2 N–H and O–H groups in total. The van der Waals surface area contributed by atoms with E-state index in [0.717, 1.165) is 4.57 Å². The Labute approximate surface area is 139 Å². The minimum absolute atomic E-state index is 0.138. The molecule has 0 radical (unpaired) electrons. The van der Waals surface area contributed by atoms with E-state index in [1.54, 1.807) is 13.8 Å². The molecule has 1 heterocycles. The van der Waals surface area contributed by atoms with Crippen LogP contribution in [0.4, 0.5) is 0 Å². The molecule has 0 saturated carbocycles. The zero-order chi connectivity index (χ0) is 18.3. The van der Waals surface area contributed by atoms with Crippen LogP contribution in [0.15, 0.2) is 15.8 Å². The minimum Gasteiger partial charge on any atom is -0.391 e. The second-order valence-electron chi connectivity index (χ2n) is 5.22. The van der Waals surface area contributed by atoms with Gasteiger partial charge in [0.25, 0.3) is 5.56 Å². The van der Waals surface area contributed by atoms with Crippen LogP contribution in [-0.4, -0.2) is 45.9 Å². The molecule has 136 valence electrons. The third-order valence-corrected chi connectivity index (χ3v) is 5.12. The van der Waals surface area contributed by atoms with Crippen LogP contribution in [0.1, 0.15) is 25.8 Å². The maximum absolute atomic E-state index is 12.3. The summed E-state index contributed by atoms with van der Waals surface area (Å²) in [5.41, 5.74) is -0.868. The Kier molecular flexibility index (Phi) is 7.75. The van der Waals surface area contributed by atoms with Crippen molar-refractivity contribution in [3.05, 3.63) is 32.6 Å². The van der Waals surface area contributed by atoms with Gasteiger partial charge in [-0.25, -0.2) is 4.79 Å². The molecule has 9 nitrogen and oxygen atoms in total. The number of carbonyl (C=O) groups excluding carboxylic acids is 1. The lowest BCUT2D eigenvalue weighted by Crippen LogP contribution is -2.34. The van der Waals surface area contributed by atoms with Crippen LogP contribution in [0, 0.1) is 6.92 Å². The standard InChI is InChI=1S/C14H23N2O7P/c1-4-22-24(21,23-5-2)9-12(18)6-11(17)8-16-7-10(3)13(19)15-14(16)20/h7,11,17H,4-6,8-9H2,1-3H3,(H,15,19,20). The van der Waals surface area contributed by atoms with Gasteiger partial charge in [-0.05, 0) is 20.8 Å². The number of aliphatic hydroxyl groups is 1. The monoisotopic (exact) mass is 362 g/mol. The Morgan fingerprint density at radius 2 is 1.92 bits per heavy atom. The molecular formula is C14H23N2O7P. The number of aromatic nitrogens is 2. The van der Waals surface area contributed by atoms with Crippen LogP contribution in [0.25, 0.3) is 0 Å². The Bertz CT molecular complexity index is 715. The lowest BCUT2D eigenvalue weighted by molar-refractivity contribution is -0.118. The first kappa shape index (κ1) is 20.5. The third kappa shape index (κ3) is 6.16. The van der Waals surface area contributed by atoms with Gasteiger partial charge in [-0.3, -0.25) is 23.7 Å². The lowest BCUT2D eigenvalue weighted by Gasteiger charge is -2.17. The summed E-state index contributed by atoms with van der Waals surface area (Å²) in [6.07, 6.45) is -0.614. The fourth-order valence-electron chi connectivity index (χ4n) is 2.11. The fourth-order valence-corrected chi connectivity index (χ4v) is 3.72. The van der Waals surface area contributed by atoms with Crippen molar-refractivity contribution < 1.29 is 23.5 Å². The number of aliphatic hydroxyl groups excluding tert-OH is 1. The summed E-state index contributed by atoms with van der Waals surface area (Å²) >= 11 is 0. The van der Waals surface area contributed by atoms with Crippen LogP contribution in [0.3, 0.4) is 0 Å². The molecule has 1 rings (SSSR count). The summed E-state index contributed by atoms with van der Waals surface area (Å²) in [4.78, 5) is 37.0. The molecule has 0 fully saturated rings. The van der Waals surface area contributed by atoms with Crippen molar-refractivity contribution in [3.8, 4) is 0 Å². The molecule has 0 aliphatic heterocycles. The first-order valence-corrected chi connectivity index (χ1v) is 9.31. The van der Waals surface area contributed by atoms with E-state index in [0.29, 0.717) is 5.56 Å². The summed E-state index contributed by atoms with van der Waals surface area (Å²) in [6.45, 7) is 4.90. The molecule has 1 aromatic heterocycles. The number of rotatable bonds is 10. The van der Waals surface area contributed by atoms with Gasteiger partial charge in [-0.15, -0.1) is 0 Å². The molecule has 0 aliphatic carbocycles. The molecule has 24 heavy (non-hydrogen) atoms. The summed E-state index contributed by atoms with van der Waals surface area (Å²) < 4.78 is 23.4. The van der Waals surface area contributed by atoms with Crippen LogP contribution < -0.4 is 11.2 Å². The molecule has 1 atom stereocenters. The molecule has 10 heteroatoms. The van der Waals surface area contributed by atoms with E-state index >= 15 is 0 Å². The summed E-state index contributed by atoms with van der Waals surface area (Å²) in [6, 6.07) is 0. The molecule has 0 bridgehead atoms. The minimum atomic E-state index is -3.51. The van der Waals surface area contributed by atoms with E-state index in [-0.39, 0.29) is 26.2 Å². The van der Waals surface area contributed by atoms with Crippen LogP contribution in [0.5, 0.6) is 0 Å². The third-order valence-electron chi connectivity index (χ3n) is 3.08. The van der Waals surface area contributed by atoms with E-state index in [1.165, 1.54) is 13.1 Å². The van der Waals surface area contributed by atoms with Gasteiger partial charge in [0, 0.05) is 18.2 Å². The van der Waals surface area contributed by atoms with Gasteiger partial charge in [0.2, 0.25) is 0 Å². The second-order valence-corrected chi connectivity index (χ2v) is 7.28. The van der Waals surface area contributed by atoms with E-state index in [1.807, 2.05) is 0 Å². The maximum Gasteiger partial charge on any atom is 0.338 e. The number of nitrogens with one attached hydrogen (secondary N) is 1. The van der Waals surface area contributed by atoms with Crippen molar-refractivity contribution in [1.82, 2.24) is 9.55 Å². The Hall–Kier alpha value is -1.54. The van der Waals surface area contributed by atoms with Crippen molar-refractivity contribution in [2.75, 3.05) is 19.4 Å². The number of hydrogen-bond acceptors (Lipinski definition) is 7. The van der Waals surface area contributed by atoms with Gasteiger partial charge in [0.15, 0.2) is 0 Å². The number of aromatic amines is 1. The number of H-pyrrole nitrogens is 1. The van der Waals surface area contributed by atoms with Crippen molar-refractivity contribution in [1.29, 1.82) is 0 Å². The molecular weight excluding hydrogens is 339 g/mol. The zero-order valence-electron chi connectivity index (χ0n) is 14.0. The van der Waals surface area contributed by atoms with Crippen LogP contribution in [0.2, 0.25) is 0 Å². The largest absolute Gasteiger partial charge is 0.391 e. The van der Waals surface area contributed by atoms with E-state index in [4.69, 9.17) is 9.05 Å². The van der Waals surface area contributed by atoms with Gasteiger partial charge in [0.05, 0.1) is 25.9 Å². The molecule has 0 amide bonds. The predicted molar refractivity (Wildman–Crippen MR) is 87.4 cm³/mol. The van der Waals surface area contributed by atoms with Gasteiger partial charge >= 0.3 is 13.3 Å². The van der Waals surface area contributed by atoms with Gasteiger partial charge in [-0.2, -0.15) is 0 Å². The average molecular weight is 362 g/mol. The number of nitrogens with zero attached hydrogens (tertiary/aromatic N) is 1. The highest BCUT2D eigenvalue weighted by Gasteiger charge is 2.28. The van der Waals surface area contributed by atoms with E-state index in [2.05, 4.69) is 4.98 Å². The summed E-state index contributed by atoms with van der Waals surface area (Å²) in [7, 11) is -3.51. The Morgan fingerprint density at radius 3 is 2.46 bits per heavy atom. The smallest absolute Gasteiger partial charge is 0.338 e. The predicted octanol–water partition coefficient (Wildman–Crippen LogP) is 0.431. The maximum atomic E-state index is 12.3. The van der Waals surface area contributed by atoms with Crippen molar-refractivity contribution in [3.63, 3.8) is 0 Å². The second kappa shape index (κ2) is 9.08. The SMILES string of the molecule is CCOP(=O)(CC(=O)CC(O)Cn1cc(C)c(=O)[nH]c1=O)OCC. The van der Waals surface area contributed by atoms with Crippen LogP contribution >= 0.6 is 7.60 Å². The first-order chi connectivity index (χ1) is 11.2. The van der Waals surface area contributed by atoms with Crippen molar-refractivity contribution in [2.45, 2.75) is 39.8 Å². The van der Waals surface area contributed by atoms with Gasteiger partial charge in [0.1, 0.15) is 11.9 Å². The van der Waals surface area contributed by atoms with Crippen molar-refractivity contribution in [2.24, 2.45) is 0 Å². The molecule has 0 aromatic carbocycles. The molecule has 1 unspecified atom stereocenters. The highest BCUT2D eigenvalue weighted by molar-refractivity contribution is 7.54. The number of ketones is 1. The molecule has 0 aliphatic rings. The Balaban J connectivity index is 2.70.